The molecule has 33 heavy (non-hydrogen) atoms. The van der Waals surface area contributed by atoms with Crippen LogP contribution in [0, 0.1) is 0 Å². The van der Waals surface area contributed by atoms with Gasteiger partial charge in [-0.2, -0.15) is 0 Å². The highest BCUT2D eigenvalue weighted by Gasteiger charge is 2.29. The Hall–Kier alpha value is -3.43. The molecule has 0 saturated heterocycles. The van der Waals surface area contributed by atoms with Crippen LogP contribution in [0.1, 0.15) is 36.8 Å². The molecule has 0 spiro atoms. The third-order valence-electron chi connectivity index (χ3n) is 5.42. The van der Waals surface area contributed by atoms with Crippen molar-refractivity contribution < 1.29 is 33.8 Å². The van der Waals surface area contributed by atoms with E-state index in [1.165, 1.54) is 7.11 Å². The average Bonchev–Trinajstić information content (AvgIpc) is 3.12. The fraction of sp³-hybridized carbons (Fsp3) is 0.375. The van der Waals surface area contributed by atoms with Gasteiger partial charge in [0.25, 0.3) is 0 Å². The summed E-state index contributed by atoms with van der Waals surface area (Å²) in [5.74, 6) is -1.78. The predicted molar refractivity (Wildman–Crippen MR) is 119 cm³/mol. The Morgan fingerprint density at radius 3 is 2.21 bits per heavy atom. The standard InChI is InChI=1S/C24H28N2O7/c1-15(11-12-22(27)26-33-21(14-31-2)23(28)29)25-24(30)32-13-20-18-9-5-3-7-16(18)17-8-4-6-10-19(17)20/h3-10,15,20-21H,11-14H2,1-2H3,(H,25,30)(H,26,27)(H,28,29). The van der Waals surface area contributed by atoms with Gasteiger partial charge in [0.05, 0.1) is 6.61 Å². The lowest BCUT2D eigenvalue weighted by molar-refractivity contribution is -0.165. The maximum absolute atomic E-state index is 12.3. The van der Waals surface area contributed by atoms with Crippen molar-refractivity contribution in [3.63, 3.8) is 0 Å². The summed E-state index contributed by atoms with van der Waals surface area (Å²) in [6.45, 7) is 1.76. The van der Waals surface area contributed by atoms with Gasteiger partial charge < -0.3 is 19.9 Å². The summed E-state index contributed by atoms with van der Waals surface area (Å²) in [5, 5.41) is 11.7. The van der Waals surface area contributed by atoms with Crippen molar-refractivity contribution in [1.29, 1.82) is 0 Å². The number of nitrogens with one attached hydrogen (secondary N) is 2. The second-order valence-electron chi connectivity index (χ2n) is 7.83. The first-order valence-corrected chi connectivity index (χ1v) is 10.7. The summed E-state index contributed by atoms with van der Waals surface area (Å²) in [7, 11) is 1.33. The maximum Gasteiger partial charge on any atom is 0.407 e. The summed E-state index contributed by atoms with van der Waals surface area (Å²) < 4.78 is 10.2. The Morgan fingerprint density at radius 2 is 1.64 bits per heavy atom. The highest BCUT2D eigenvalue weighted by molar-refractivity contribution is 5.79. The van der Waals surface area contributed by atoms with E-state index in [0.29, 0.717) is 6.42 Å². The zero-order valence-corrected chi connectivity index (χ0v) is 18.6. The van der Waals surface area contributed by atoms with E-state index < -0.39 is 24.1 Å². The van der Waals surface area contributed by atoms with Crippen LogP contribution in [0.5, 0.6) is 0 Å². The lowest BCUT2D eigenvalue weighted by atomic mass is 9.98. The molecule has 0 saturated carbocycles. The molecule has 2 unspecified atom stereocenters. The van der Waals surface area contributed by atoms with Crippen LogP contribution in [0.15, 0.2) is 48.5 Å². The fourth-order valence-corrected chi connectivity index (χ4v) is 3.76. The van der Waals surface area contributed by atoms with Crippen LogP contribution in [0.2, 0.25) is 0 Å². The number of ether oxygens (including phenoxy) is 2. The average molecular weight is 456 g/mol. The second-order valence-corrected chi connectivity index (χ2v) is 7.83. The molecule has 176 valence electrons. The maximum atomic E-state index is 12.3. The van der Waals surface area contributed by atoms with Crippen LogP contribution in [0.25, 0.3) is 11.1 Å². The Morgan fingerprint density at radius 1 is 1.03 bits per heavy atom. The van der Waals surface area contributed by atoms with Crippen molar-refractivity contribution in [1.82, 2.24) is 10.8 Å². The van der Waals surface area contributed by atoms with Crippen LogP contribution in [-0.4, -0.2) is 55.5 Å². The van der Waals surface area contributed by atoms with Crippen LogP contribution in [-0.2, 0) is 23.9 Å². The van der Waals surface area contributed by atoms with Crippen molar-refractivity contribution in [2.75, 3.05) is 20.3 Å². The molecule has 0 fully saturated rings. The van der Waals surface area contributed by atoms with Crippen molar-refractivity contribution in [3.05, 3.63) is 59.7 Å². The van der Waals surface area contributed by atoms with Crippen LogP contribution >= 0.6 is 0 Å². The van der Waals surface area contributed by atoms with Gasteiger partial charge in [0.15, 0.2) is 0 Å². The van der Waals surface area contributed by atoms with Gasteiger partial charge in [0.2, 0.25) is 12.0 Å². The molecule has 2 amide bonds. The minimum absolute atomic E-state index is 0.0318. The number of fused-ring (bicyclic) bond motifs is 3. The Bertz CT molecular complexity index is 949. The third-order valence-corrected chi connectivity index (χ3v) is 5.42. The molecular weight excluding hydrogens is 428 g/mol. The normalized spacial score (nSPS) is 14.0. The molecule has 1 aliphatic rings. The topological polar surface area (TPSA) is 123 Å². The minimum Gasteiger partial charge on any atom is -0.479 e. The van der Waals surface area contributed by atoms with E-state index in [2.05, 4.69) is 22.9 Å². The SMILES string of the molecule is COCC(ONC(=O)CCC(C)NC(=O)OCC1c2ccccc2-c2ccccc21)C(=O)O. The highest BCUT2D eigenvalue weighted by Crippen LogP contribution is 2.44. The molecule has 3 rings (SSSR count). The van der Waals surface area contributed by atoms with Gasteiger partial charge >= 0.3 is 12.1 Å². The van der Waals surface area contributed by atoms with Crippen molar-refractivity contribution in [2.45, 2.75) is 37.8 Å². The molecule has 0 bridgehead atoms. The van der Waals surface area contributed by atoms with Gasteiger partial charge in [-0.1, -0.05) is 48.5 Å². The summed E-state index contributed by atoms with van der Waals surface area (Å²) in [6.07, 6.45) is -1.51. The molecule has 2 atom stereocenters. The number of hydrogen-bond donors (Lipinski definition) is 3. The molecule has 0 aliphatic heterocycles. The van der Waals surface area contributed by atoms with Gasteiger partial charge in [-0.3, -0.25) is 9.63 Å². The van der Waals surface area contributed by atoms with Gasteiger partial charge in [0, 0.05) is 25.5 Å². The number of carboxylic acids is 1. The van der Waals surface area contributed by atoms with Crippen LogP contribution < -0.4 is 10.8 Å². The number of amides is 2. The quantitative estimate of drug-likeness (QED) is 0.444. The molecule has 2 aromatic rings. The number of methoxy groups -OCH3 is 1. The van der Waals surface area contributed by atoms with E-state index >= 15 is 0 Å². The summed E-state index contributed by atoms with van der Waals surface area (Å²) in [6, 6.07) is 15.8. The van der Waals surface area contributed by atoms with E-state index in [1.807, 2.05) is 36.4 Å². The molecule has 2 aromatic carbocycles. The van der Waals surface area contributed by atoms with Gasteiger partial charge in [-0.05, 0) is 35.6 Å². The summed E-state index contributed by atoms with van der Waals surface area (Å²) in [4.78, 5) is 40.0. The number of alkyl carbamates (subject to hydrolysis) is 1. The van der Waals surface area contributed by atoms with Gasteiger partial charge in [-0.15, -0.1) is 0 Å². The smallest absolute Gasteiger partial charge is 0.407 e. The van der Waals surface area contributed by atoms with E-state index in [1.54, 1.807) is 6.92 Å². The number of carboxylic acid groups (broad SMARTS) is 1. The zero-order valence-electron chi connectivity index (χ0n) is 18.6. The summed E-state index contributed by atoms with van der Waals surface area (Å²) in [5.41, 5.74) is 6.66. The molecule has 9 heteroatoms. The van der Waals surface area contributed by atoms with Crippen molar-refractivity contribution in [2.24, 2.45) is 0 Å². The van der Waals surface area contributed by atoms with E-state index in [9.17, 15) is 14.4 Å². The van der Waals surface area contributed by atoms with E-state index in [4.69, 9.17) is 19.4 Å². The van der Waals surface area contributed by atoms with Crippen LogP contribution in [0.3, 0.4) is 0 Å². The monoisotopic (exact) mass is 456 g/mol. The molecular formula is C24H28N2O7. The van der Waals surface area contributed by atoms with Crippen LogP contribution in [0.4, 0.5) is 4.79 Å². The molecule has 1 aliphatic carbocycles. The second kappa shape index (κ2) is 11.4. The van der Waals surface area contributed by atoms with Crippen molar-refractivity contribution in [3.8, 4) is 11.1 Å². The van der Waals surface area contributed by atoms with Gasteiger partial charge in [0.1, 0.15) is 6.61 Å². The number of hydroxylamine groups is 1. The zero-order chi connectivity index (χ0) is 23.8. The first kappa shape index (κ1) is 24.2. The van der Waals surface area contributed by atoms with E-state index in [0.717, 1.165) is 22.3 Å². The lowest BCUT2D eigenvalue weighted by Gasteiger charge is -2.17. The molecule has 0 radical (unpaired) electrons. The number of rotatable bonds is 11. The largest absolute Gasteiger partial charge is 0.479 e. The highest BCUT2D eigenvalue weighted by atomic mass is 16.7. The number of aliphatic carboxylic acids is 1. The number of hydrogen-bond acceptors (Lipinski definition) is 6. The number of carbonyl (C=O) groups is 3. The first-order chi connectivity index (χ1) is 15.9. The predicted octanol–water partition coefficient (Wildman–Crippen LogP) is 2.84. The molecule has 3 N–H and O–H groups in total. The van der Waals surface area contributed by atoms with Crippen molar-refractivity contribution >= 4 is 18.0 Å². The molecule has 9 nitrogen and oxygen atoms in total. The first-order valence-electron chi connectivity index (χ1n) is 10.7. The van der Waals surface area contributed by atoms with E-state index in [-0.39, 0.29) is 31.6 Å². The minimum atomic E-state index is -1.30. The Balaban J connectivity index is 1.43. The number of carbonyl (C=O) groups excluding carboxylic acids is 2. The summed E-state index contributed by atoms with van der Waals surface area (Å²) >= 11 is 0. The third kappa shape index (κ3) is 6.30. The molecule has 0 aromatic heterocycles. The van der Waals surface area contributed by atoms with Gasteiger partial charge in [-0.25, -0.2) is 15.1 Å². The Kier molecular flexibility index (Phi) is 8.39. The lowest BCUT2D eigenvalue weighted by Crippen LogP contribution is -2.38. The fourth-order valence-electron chi connectivity index (χ4n) is 3.76. The number of benzene rings is 2. The molecule has 0 heterocycles. The Labute approximate surface area is 192 Å².